The molecule has 0 unspecified atom stereocenters. The fourth-order valence-corrected chi connectivity index (χ4v) is 2.59. The number of Topliss-reactive ketones (excluding diaryl/α,β-unsaturated/α-hetero) is 1. The first-order valence-corrected chi connectivity index (χ1v) is 7.47. The maximum Gasteiger partial charge on any atom is 0.164 e. The summed E-state index contributed by atoms with van der Waals surface area (Å²) in [4.78, 5) is 12.1. The minimum absolute atomic E-state index is 0.111. The summed E-state index contributed by atoms with van der Waals surface area (Å²) in [6.45, 7) is 9.65. The number of carbonyl (C=O) groups is 1. The molecule has 0 heterocycles. The van der Waals surface area contributed by atoms with E-state index in [2.05, 4.69) is 27.7 Å². The molecule has 3 nitrogen and oxygen atoms in total. The van der Waals surface area contributed by atoms with Gasteiger partial charge in [0.1, 0.15) is 0 Å². The lowest BCUT2D eigenvalue weighted by Gasteiger charge is -2.20. The van der Waals surface area contributed by atoms with Crippen LogP contribution in [-0.4, -0.2) is 19.0 Å². The Labute approximate surface area is 121 Å². The molecular formula is C17H24O3. The SMILES string of the molecule is CCCOc1cc2c(cc1OCCC)C(C)(C)CC2=O. The molecule has 0 aliphatic heterocycles. The van der Waals surface area contributed by atoms with Crippen molar-refractivity contribution >= 4 is 5.78 Å². The van der Waals surface area contributed by atoms with E-state index in [4.69, 9.17) is 9.47 Å². The predicted octanol–water partition coefficient (Wildman–Crippen LogP) is 4.13. The van der Waals surface area contributed by atoms with Gasteiger partial charge in [0.15, 0.2) is 17.3 Å². The standard InChI is InChI=1S/C17H24O3/c1-5-7-19-15-9-12-13(10-16(15)20-8-6-2)17(3,4)11-14(12)18/h9-10H,5-8,11H2,1-4H3. The average molecular weight is 276 g/mol. The van der Waals surface area contributed by atoms with Crippen LogP contribution >= 0.6 is 0 Å². The summed E-state index contributed by atoms with van der Waals surface area (Å²) in [5.74, 6) is 1.67. The molecule has 0 saturated heterocycles. The van der Waals surface area contributed by atoms with Crippen LogP contribution < -0.4 is 9.47 Å². The summed E-state index contributed by atoms with van der Waals surface area (Å²) in [6, 6.07) is 3.87. The Bertz CT molecular complexity index is 503. The Morgan fingerprint density at radius 2 is 1.60 bits per heavy atom. The van der Waals surface area contributed by atoms with Gasteiger partial charge in [-0.15, -0.1) is 0 Å². The molecule has 2 rings (SSSR count). The van der Waals surface area contributed by atoms with Gasteiger partial charge in [-0.3, -0.25) is 4.79 Å². The van der Waals surface area contributed by atoms with Crippen molar-refractivity contribution in [3.63, 3.8) is 0 Å². The van der Waals surface area contributed by atoms with Crippen molar-refractivity contribution in [2.75, 3.05) is 13.2 Å². The Balaban J connectivity index is 2.41. The van der Waals surface area contributed by atoms with Gasteiger partial charge in [0, 0.05) is 12.0 Å². The van der Waals surface area contributed by atoms with E-state index in [0.717, 1.165) is 29.7 Å². The van der Waals surface area contributed by atoms with E-state index >= 15 is 0 Å². The molecular weight excluding hydrogens is 252 g/mol. The van der Waals surface area contributed by atoms with Gasteiger partial charge in [0.25, 0.3) is 0 Å². The van der Waals surface area contributed by atoms with Gasteiger partial charge in [0.2, 0.25) is 0 Å². The van der Waals surface area contributed by atoms with Gasteiger partial charge in [-0.2, -0.15) is 0 Å². The molecule has 0 saturated carbocycles. The summed E-state index contributed by atoms with van der Waals surface area (Å²) in [7, 11) is 0. The third-order valence-corrected chi connectivity index (χ3v) is 3.64. The molecule has 1 aromatic rings. The number of rotatable bonds is 6. The zero-order valence-electron chi connectivity index (χ0n) is 12.9. The van der Waals surface area contributed by atoms with Crippen molar-refractivity contribution < 1.29 is 14.3 Å². The molecule has 0 radical (unpaired) electrons. The lowest BCUT2D eigenvalue weighted by Crippen LogP contribution is -2.13. The second kappa shape index (κ2) is 5.86. The second-order valence-corrected chi connectivity index (χ2v) is 6.03. The van der Waals surface area contributed by atoms with Gasteiger partial charge < -0.3 is 9.47 Å². The fourth-order valence-electron chi connectivity index (χ4n) is 2.59. The summed E-state index contributed by atoms with van der Waals surface area (Å²) in [5.41, 5.74) is 1.77. The van der Waals surface area contributed by atoms with Crippen molar-refractivity contribution in [1.82, 2.24) is 0 Å². The first-order valence-electron chi connectivity index (χ1n) is 7.47. The maximum absolute atomic E-state index is 12.1. The number of fused-ring (bicyclic) bond motifs is 1. The van der Waals surface area contributed by atoms with Crippen LogP contribution in [0.1, 0.15) is 62.9 Å². The Morgan fingerprint density at radius 1 is 1.05 bits per heavy atom. The molecule has 0 N–H and O–H groups in total. The average Bonchev–Trinajstić information content (AvgIpc) is 2.63. The predicted molar refractivity (Wildman–Crippen MR) is 80.0 cm³/mol. The van der Waals surface area contributed by atoms with Crippen molar-refractivity contribution in [3.05, 3.63) is 23.3 Å². The van der Waals surface area contributed by atoms with Crippen LogP contribution in [0.3, 0.4) is 0 Å². The number of hydrogen-bond donors (Lipinski definition) is 0. The number of ether oxygens (including phenoxy) is 2. The van der Waals surface area contributed by atoms with Crippen molar-refractivity contribution in [1.29, 1.82) is 0 Å². The first-order chi connectivity index (χ1) is 9.49. The van der Waals surface area contributed by atoms with E-state index in [1.807, 2.05) is 12.1 Å². The molecule has 1 aliphatic rings. The van der Waals surface area contributed by atoms with Gasteiger partial charge in [-0.25, -0.2) is 0 Å². The molecule has 110 valence electrons. The number of ketones is 1. The van der Waals surface area contributed by atoms with Crippen LogP contribution in [0.5, 0.6) is 11.5 Å². The molecule has 0 amide bonds. The molecule has 0 aromatic heterocycles. The smallest absolute Gasteiger partial charge is 0.164 e. The molecule has 1 aliphatic carbocycles. The van der Waals surface area contributed by atoms with Crippen LogP contribution in [-0.2, 0) is 5.41 Å². The van der Waals surface area contributed by atoms with Crippen LogP contribution in [0.15, 0.2) is 12.1 Å². The van der Waals surface area contributed by atoms with Crippen molar-refractivity contribution in [2.45, 2.75) is 52.4 Å². The number of carbonyl (C=O) groups excluding carboxylic acids is 1. The first kappa shape index (κ1) is 14.9. The van der Waals surface area contributed by atoms with E-state index in [9.17, 15) is 4.79 Å². The minimum Gasteiger partial charge on any atom is -0.490 e. The highest BCUT2D eigenvalue weighted by Gasteiger charge is 2.37. The molecule has 20 heavy (non-hydrogen) atoms. The third kappa shape index (κ3) is 2.82. The summed E-state index contributed by atoms with van der Waals surface area (Å²) >= 11 is 0. The Morgan fingerprint density at radius 3 is 2.15 bits per heavy atom. The zero-order valence-corrected chi connectivity index (χ0v) is 12.9. The molecule has 1 aromatic carbocycles. The molecule has 3 heteroatoms. The molecule has 0 spiro atoms. The van der Waals surface area contributed by atoms with Crippen LogP contribution in [0.2, 0.25) is 0 Å². The van der Waals surface area contributed by atoms with Crippen LogP contribution in [0, 0.1) is 0 Å². The van der Waals surface area contributed by atoms with Gasteiger partial charge in [-0.1, -0.05) is 27.7 Å². The zero-order chi connectivity index (χ0) is 14.8. The summed E-state index contributed by atoms with van der Waals surface area (Å²) in [6.07, 6.45) is 2.45. The highest BCUT2D eigenvalue weighted by Crippen LogP contribution is 2.43. The van der Waals surface area contributed by atoms with E-state index in [-0.39, 0.29) is 11.2 Å². The van der Waals surface area contributed by atoms with E-state index in [1.165, 1.54) is 0 Å². The minimum atomic E-state index is -0.111. The molecule has 0 bridgehead atoms. The quantitative estimate of drug-likeness (QED) is 0.783. The summed E-state index contributed by atoms with van der Waals surface area (Å²) in [5, 5.41) is 0. The monoisotopic (exact) mass is 276 g/mol. The largest absolute Gasteiger partial charge is 0.490 e. The topological polar surface area (TPSA) is 35.5 Å². The Kier molecular flexibility index (Phi) is 4.36. The van der Waals surface area contributed by atoms with E-state index < -0.39 is 0 Å². The highest BCUT2D eigenvalue weighted by atomic mass is 16.5. The number of benzene rings is 1. The Hall–Kier alpha value is -1.51. The van der Waals surface area contributed by atoms with Crippen LogP contribution in [0.25, 0.3) is 0 Å². The molecule has 0 fully saturated rings. The van der Waals surface area contributed by atoms with E-state index in [1.54, 1.807) is 0 Å². The lowest BCUT2D eigenvalue weighted by atomic mass is 9.86. The number of hydrogen-bond acceptors (Lipinski definition) is 3. The third-order valence-electron chi connectivity index (χ3n) is 3.64. The normalized spacial score (nSPS) is 16.1. The van der Waals surface area contributed by atoms with Gasteiger partial charge in [0.05, 0.1) is 13.2 Å². The highest BCUT2D eigenvalue weighted by molar-refractivity contribution is 6.02. The van der Waals surface area contributed by atoms with Gasteiger partial charge >= 0.3 is 0 Å². The summed E-state index contributed by atoms with van der Waals surface area (Å²) < 4.78 is 11.5. The van der Waals surface area contributed by atoms with E-state index in [0.29, 0.717) is 25.4 Å². The van der Waals surface area contributed by atoms with Crippen molar-refractivity contribution in [2.24, 2.45) is 0 Å². The lowest BCUT2D eigenvalue weighted by molar-refractivity contribution is 0.0979. The second-order valence-electron chi connectivity index (χ2n) is 6.03. The molecule has 0 atom stereocenters. The fraction of sp³-hybridized carbons (Fsp3) is 0.588. The van der Waals surface area contributed by atoms with Crippen molar-refractivity contribution in [3.8, 4) is 11.5 Å². The van der Waals surface area contributed by atoms with Crippen LogP contribution in [0.4, 0.5) is 0 Å². The maximum atomic E-state index is 12.1. The van der Waals surface area contributed by atoms with Gasteiger partial charge in [-0.05, 0) is 36.0 Å².